The minimum atomic E-state index is -0.0272. The molecule has 0 unspecified atom stereocenters. The number of hydrogen-bond donors (Lipinski definition) is 6. The number of nitrogens with one attached hydrogen (secondary N) is 6. The second-order valence-electron chi connectivity index (χ2n) is 25.3. The summed E-state index contributed by atoms with van der Waals surface area (Å²) in [5.74, 6) is 2.28. The van der Waals surface area contributed by atoms with Crippen molar-refractivity contribution in [2.75, 3.05) is 0 Å². The van der Waals surface area contributed by atoms with E-state index in [0.717, 1.165) is 101 Å². The highest BCUT2D eigenvalue weighted by molar-refractivity contribution is 5.94. The van der Waals surface area contributed by atoms with Gasteiger partial charge < -0.3 is 44.1 Å². The van der Waals surface area contributed by atoms with Crippen LogP contribution < -0.4 is 14.2 Å². The lowest BCUT2D eigenvalue weighted by molar-refractivity contribution is 0.293. The van der Waals surface area contributed by atoms with Gasteiger partial charge in [0.05, 0.1) is 0 Å². The Hall–Kier alpha value is -11.2. The zero-order chi connectivity index (χ0) is 62.8. The summed E-state index contributed by atoms with van der Waals surface area (Å²) in [4.78, 5) is 22.2. The van der Waals surface area contributed by atoms with E-state index in [9.17, 15) is 0 Å². The zero-order valence-corrected chi connectivity index (χ0v) is 53.1. The predicted molar refractivity (Wildman–Crippen MR) is 380 cm³/mol. The maximum absolute atomic E-state index is 6.76. The lowest BCUT2D eigenvalue weighted by atomic mass is 9.82. The Morgan fingerprint density at radius 3 is 0.613 bits per heavy atom. The lowest BCUT2D eigenvalue weighted by Gasteiger charge is -2.21. The fraction of sp³-hybridized carbons (Fsp3) is 0.143. The smallest absolute Gasteiger partial charge is 0.119 e. The maximum Gasteiger partial charge on any atom is 0.119 e. The van der Waals surface area contributed by atoms with Crippen molar-refractivity contribution < 1.29 is 14.2 Å². The molecule has 0 aliphatic rings. The molecule has 456 valence electrons. The number of ether oxygens (including phenoxy) is 3. The van der Waals surface area contributed by atoms with Gasteiger partial charge in [-0.1, -0.05) is 146 Å². The van der Waals surface area contributed by atoms with Gasteiger partial charge in [0.15, 0.2) is 0 Å². The molecule has 16 rings (SSSR count). The van der Waals surface area contributed by atoms with Gasteiger partial charge in [0, 0.05) is 117 Å². The van der Waals surface area contributed by atoms with Gasteiger partial charge in [-0.15, -0.1) is 0 Å². The van der Waals surface area contributed by atoms with Crippen molar-refractivity contribution in [2.24, 2.45) is 0 Å². The number of aryl methyl sites for hydroxylation is 6. The van der Waals surface area contributed by atoms with Crippen molar-refractivity contribution in [3.8, 4) is 17.2 Å². The normalized spacial score (nSPS) is 12.0. The molecule has 0 aliphatic carbocycles. The molecule has 6 heterocycles. The molecular weight excluding hydrogens is 1140 g/mol. The summed E-state index contributed by atoms with van der Waals surface area (Å²) >= 11 is 0. The van der Waals surface area contributed by atoms with Crippen LogP contribution in [-0.4, -0.2) is 29.9 Å². The third-order valence-electron chi connectivity index (χ3n) is 19.4. The number of aromatic nitrogens is 6. The summed E-state index contributed by atoms with van der Waals surface area (Å²) in [7, 11) is 0. The minimum Gasteiger partial charge on any atom is -0.489 e. The fourth-order valence-corrected chi connectivity index (χ4v) is 15.3. The molecule has 9 nitrogen and oxygen atoms in total. The second-order valence-corrected chi connectivity index (χ2v) is 25.3. The largest absolute Gasteiger partial charge is 0.489 e. The van der Waals surface area contributed by atoms with Gasteiger partial charge in [0.1, 0.15) is 37.1 Å². The first-order chi connectivity index (χ1) is 45.6. The van der Waals surface area contributed by atoms with Crippen LogP contribution in [0.15, 0.2) is 237 Å². The van der Waals surface area contributed by atoms with Crippen LogP contribution in [0.5, 0.6) is 17.2 Å². The van der Waals surface area contributed by atoms with E-state index in [2.05, 4.69) is 308 Å². The van der Waals surface area contributed by atoms with Gasteiger partial charge in [-0.2, -0.15) is 0 Å². The number of fused-ring (bicyclic) bond motifs is 6. The van der Waals surface area contributed by atoms with Crippen molar-refractivity contribution in [1.29, 1.82) is 0 Å². The molecule has 0 bridgehead atoms. The van der Waals surface area contributed by atoms with Gasteiger partial charge in [-0.25, -0.2) is 0 Å². The van der Waals surface area contributed by atoms with Gasteiger partial charge in [0.25, 0.3) is 0 Å². The van der Waals surface area contributed by atoms with E-state index < -0.39 is 0 Å². The molecule has 0 spiro atoms. The Morgan fingerprint density at radius 2 is 0.419 bits per heavy atom. The minimum absolute atomic E-state index is 0.0272. The molecule has 10 aromatic carbocycles. The monoisotopic (exact) mass is 1210 g/mol. The number of aromatic amines is 6. The molecule has 93 heavy (non-hydrogen) atoms. The Bertz CT molecular complexity index is 4650. The van der Waals surface area contributed by atoms with Crippen molar-refractivity contribution in [3.63, 3.8) is 0 Å². The van der Waals surface area contributed by atoms with Crippen molar-refractivity contribution >= 4 is 65.4 Å². The number of benzene rings is 10. The average Bonchev–Trinajstić information content (AvgIpc) is 1.63. The number of H-pyrrole nitrogens is 6. The molecule has 0 amide bonds. The fourth-order valence-electron chi connectivity index (χ4n) is 15.3. The molecule has 0 aliphatic heterocycles. The third-order valence-corrected chi connectivity index (χ3v) is 19.4. The molecule has 6 N–H and O–H groups in total. The molecule has 0 atom stereocenters. The van der Waals surface area contributed by atoms with Crippen LogP contribution >= 0.6 is 0 Å². The molecule has 0 saturated carbocycles. The van der Waals surface area contributed by atoms with E-state index in [0.29, 0.717) is 19.8 Å². The van der Waals surface area contributed by atoms with Gasteiger partial charge >= 0.3 is 0 Å². The molecule has 0 radical (unpaired) electrons. The summed E-state index contributed by atoms with van der Waals surface area (Å²) in [5, 5.41) is 7.37. The van der Waals surface area contributed by atoms with E-state index in [1.165, 1.54) is 82.4 Å². The maximum atomic E-state index is 6.76. The number of para-hydroxylation sites is 6. The predicted octanol–water partition coefficient (Wildman–Crippen LogP) is 20.7. The van der Waals surface area contributed by atoms with E-state index >= 15 is 0 Å². The van der Waals surface area contributed by atoms with Crippen molar-refractivity contribution in [3.05, 3.63) is 338 Å². The SMILES string of the molecule is Cc1[nH]c2ccccc2c1C(c1ccc(OCc2cc(COc3ccc(C(c4c(C)[nH]c5ccccc45)c4c(C)[nH]c5ccccc45)cc3)cc(COc3ccc(C(c4c(C)[nH]c5ccccc45)c4c(C)[nH]c5ccccc45)cc3)c2)cc1)c1c(C)[nH]c2ccccc12. The first-order valence-electron chi connectivity index (χ1n) is 32.3. The molecule has 16 aromatic rings. The average molecular weight is 1210 g/mol. The van der Waals surface area contributed by atoms with E-state index in [-0.39, 0.29) is 17.8 Å². The Morgan fingerprint density at radius 1 is 0.237 bits per heavy atom. The first-order valence-corrected chi connectivity index (χ1v) is 32.3. The number of rotatable bonds is 18. The third kappa shape index (κ3) is 10.4. The van der Waals surface area contributed by atoms with Crippen LogP contribution in [0.3, 0.4) is 0 Å². The molecule has 9 heteroatoms. The van der Waals surface area contributed by atoms with E-state index in [1.807, 2.05) is 0 Å². The van der Waals surface area contributed by atoms with Crippen LogP contribution in [0.2, 0.25) is 0 Å². The first kappa shape index (κ1) is 57.0. The van der Waals surface area contributed by atoms with Gasteiger partial charge in [-0.3, -0.25) is 0 Å². The highest BCUT2D eigenvalue weighted by Crippen LogP contribution is 2.47. The Balaban J connectivity index is 0.705. The quantitative estimate of drug-likeness (QED) is 0.0513. The Kier molecular flexibility index (Phi) is 14.5. The molecule has 0 saturated heterocycles. The van der Waals surface area contributed by atoms with Crippen molar-refractivity contribution in [2.45, 2.75) is 79.1 Å². The summed E-state index contributed by atoms with van der Waals surface area (Å²) < 4.78 is 20.3. The van der Waals surface area contributed by atoms with Crippen LogP contribution in [0.4, 0.5) is 0 Å². The standard InChI is InChI=1S/C84H72N6O3/c1-49-76(64-19-7-13-25-70(64)85-49)82(77-50(2)86-71-26-14-8-20-65(71)77)58-31-37-61(38-32-58)91-46-55-43-56(47-92-62-39-33-59(34-40-62)83(78-51(3)87-72-27-15-9-21-66(72)78)79-52(4)88-73-28-16-10-22-67(73)79)45-57(44-55)48-93-63-41-35-60(36-42-63)84(80-53(5)89-74-29-17-11-23-68(74)80)81-54(6)90-75-30-18-12-24-69(75)81/h7-45,82-90H,46-48H2,1-6H3. The van der Waals surface area contributed by atoms with E-state index in [1.54, 1.807) is 0 Å². The van der Waals surface area contributed by atoms with Gasteiger partial charge in [-0.05, 0) is 199 Å². The topological polar surface area (TPSA) is 122 Å². The molecular formula is C84H72N6O3. The van der Waals surface area contributed by atoms with E-state index in [4.69, 9.17) is 14.2 Å². The highest BCUT2D eigenvalue weighted by Gasteiger charge is 2.31. The molecule has 0 fully saturated rings. The van der Waals surface area contributed by atoms with Crippen molar-refractivity contribution in [1.82, 2.24) is 29.9 Å². The second kappa shape index (κ2) is 23.6. The van der Waals surface area contributed by atoms with Crippen LogP contribution in [-0.2, 0) is 19.8 Å². The van der Waals surface area contributed by atoms with Crippen LogP contribution in [0, 0.1) is 41.5 Å². The number of hydrogen-bond acceptors (Lipinski definition) is 3. The summed E-state index contributed by atoms with van der Waals surface area (Å²) in [6.07, 6.45) is 0. The van der Waals surface area contributed by atoms with Crippen LogP contribution in [0.1, 0.15) is 119 Å². The highest BCUT2D eigenvalue weighted by atomic mass is 16.5. The Labute approximate surface area is 540 Å². The summed E-state index contributed by atoms with van der Waals surface area (Å²) in [5.41, 5.74) is 28.1. The van der Waals surface area contributed by atoms with Crippen LogP contribution in [0.25, 0.3) is 65.4 Å². The molecule has 6 aromatic heterocycles. The van der Waals surface area contributed by atoms with Gasteiger partial charge in [0.2, 0.25) is 0 Å². The summed E-state index contributed by atoms with van der Waals surface area (Å²) in [6.45, 7) is 14.2. The summed E-state index contributed by atoms with van der Waals surface area (Å²) in [6, 6.07) is 84.6. The lowest BCUT2D eigenvalue weighted by Crippen LogP contribution is -2.07. The zero-order valence-electron chi connectivity index (χ0n) is 53.1.